The molecule has 26 heavy (non-hydrogen) atoms. The van der Waals surface area contributed by atoms with Crippen molar-refractivity contribution in [1.82, 2.24) is 5.32 Å². The molecule has 1 amide bonds. The van der Waals surface area contributed by atoms with E-state index in [9.17, 15) is 4.79 Å². The summed E-state index contributed by atoms with van der Waals surface area (Å²) in [5, 5.41) is 2.94. The minimum Gasteiger partial charge on any atom is -0.481 e. The summed E-state index contributed by atoms with van der Waals surface area (Å²) >= 11 is 1.81. The molecule has 0 aromatic heterocycles. The summed E-state index contributed by atoms with van der Waals surface area (Å²) in [6.07, 6.45) is -0.505. The molecule has 0 aliphatic carbocycles. The molecule has 0 fully saturated rings. The van der Waals surface area contributed by atoms with Crippen molar-refractivity contribution in [2.24, 2.45) is 0 Å². The van der Waals surface area contributed by atoms with E-state index in [4.69, 9.17) is 4.74 Å². The lowest BCUT2D eigenvalue weighted by molar-refractivity contribution is -0.127. The lowest BCUT2D eigenvalue weighted by atomic mass is 9.87. The van der Waals surface area contributed by atoms with Gasteiger partial charge in [0.15, 0.2) is 6.10 Å². The van der Waals surface area contributed by atoms with Crippen LogP contribution < -0.4 is 10.1 Å². The minimum absolute atomic E-state index is 0.0785. The molecule has 0 saturated carbocycles. The fourth-order valence-corrected chi connectivity index (χ4v) is 3.26. The van der Waals surface area contributed by atoms with Crippen molar-refractivity contribution < 1.29 is 9.53 Å². The van der Waals surface area contributed by atoms with E-state index >= 15 is 0 Å². The SMILES string of the molecule is C[C@H](Oc1ccc(C(C)(C)C)cc1)C(=O)NCCSCc1ccccc1. The van der Waals surface area contributed by atoms with E-state index in [-0.39, 0.29) is 11.3 Å². The first-order valence-corrected chi connectivity index (χ1v) is 10.2. The molecule has 4 heteroatoms. The fourth-order valence-electron chi connectivity index (χ4n) is 2.45. The van der Waals surface area contributed by atoms with Crippen LogP contribution in [0.2, 0.25) is 0 Å². The van der Waals surface area contributed by atoms with Crippen molar-refractivity contribution in [3.05, 3.63) is 65.7 Å². The maximum atomic E-state index is 12.2. The van der Waals surface area contributed by atoms with Crippen molar-refractivity contribution in [3.8, 4) is 5.75 Å². The predicted molar refractivity (Wildman–Crippen MR) is 111 cm³/mol. The zero-order valence-corrected chi connectivity index (χ0v) is 16.9. The van der Waals surface area contributed by atoms with Crippen LogP contribution in [0.3, 0.4) is 0 Å². The number of rotatable bonds is 8. The van der Waals surface area contributed by atoms with Gasteiger partial charge in [-0.25, -0.2) is 0 Å². The molecule has 0 aliphatic rings. The number of ether oxygens (including phenoxy) is 1. The molecule has 0 saturated heterocycles. The van der Waals surface area contributed by atoms with Crippen LogP contribution in [0.5, 0.6) is 5.75 Å². The lowest BCUT2D eigenvalue weighted by Crippen LogP contribution is -2.37. The van der Waals surface area contributed by atoms with Crippen molar-refractivity contribution in [3.63, 3.8) is 0 Å². The number of amides is 1. The molecule has 2 aromatic rings. The number of carbonyl (C=O) groups is 1. The highest BCUT2D eigenvalue weighted by molar-refractivity contribution is 7.98. The molecule has 0 unspecified atom stereocenters. The van der Waals surface area contributed by atoms with Crippen LogP contribution in [0.15, 0.2) is 54.6 Å². The molecule has 1 atom stereocenters. The summed E-state index contributed by atoms with van der Waals surface area (Å²) in [7, 11) is 0. The summed E-state index contributed by atoms with van der Waals surface area (Å²) in [4.78, 5) is 12.2. The van der Waals surface area contributed by atoms with Gasteiger partial charge in [0.2, 0.25) is 0 Å². The normalized spacial score (nSPS) is 12.5. The fraction of sp³-hybridized carbons (Fsp3) is 0.409. The summed E-state index contributed by atoms with van der Waals surface area (Å²) in [5.74, 6) is 2.49. The molecular formula is C22H29NO2S. The number of thioether (sulfide) groups is 1. The van der Waals surface area contributed by atoms with E-state index < -0.39 is 6.10 Å². The van der Waals surface area contributed by atoms with E-state index in [1.165, 1.54) is 11.1 Å². The summed E-state index contributed by atoms with van der Waals surface area (Å²) in [6, 6.07) is 18.3. The van der Waals surface area contributed by atoms with Crippen LogP contribution >= 0.6 is 11.8 Å². The molecule has 0 aliphatic heterocycles. The molecule has 1 N–H and O–H groups in total. The molecule has 3 nitrogen and oxygen atoms in total. The van der Waals surface area contributed by atoms with E-state index in [1.54, 1.807) is 6.92 Å². The summed E-state index contributed by atoms with van der Waals surface area (Å²) < 4.78 is 5.75. The number of benzene rings is 2. The van der Waals surface area contributed by atoms with Gasteiger partial charge < -0.3 is 10.1 Å². The van der Waals surface area contributed by atoms with Crippen molar-refractivity contribution in [2.45, 2.75) is 45.0 Å². The van der Waals surface area contributed by atoms with E-state index in [0.717, 1.165) is 17.3 Å². The number of hydrogen-bond acceptors (Lipinski definition) is 3. The Balaban J connectivity index is 1.68. The van der Waals surface area contributed by atoms with Gasteiger partial charge in [-0.1, -0.05) is 63.2 Å². The van der Waals surface area contributed by atoms with Crippen LogP contribution in [0.1, 0.15) is 38.8 Å². The third-order valence-electron chi connectivity index (χ3n) is 4.06. The smallest absolute Gasteiger partial charge is 0.260 e. The van der Waals surface area contributed by atoms with Gasteiger partial charge in [0.1, 0.15) is 5.75 Å². The lowest BCUT2D eigenvalue weighted by Gasteiger charge is -2.20. The van der Waals surface area contributed by atoms with Crippen molar-refractivity contribution in [1.29, 1.82) is 0 Å². The average Bonchev–Trinajstić information content (AvgIpc) is 2.62. The largest absolute Gasteiger partial charge is 0.481 e. The zero-order chi connectivity index (χ0) is 19.0. The second kappa shape index (κ2) is 9.67. The van der Waals surface area contributed by atoms with Crippen molar-refractivity contribution in [2.75, 3.05) is 12.3 Å². The summed E-state index contributed by atoms with van der Waals surface area (Å²) in [6.45, 7) is 8.95. The average molecular weight is 372 g/mol. The van der Waals surface area contributed by atoms with Gasteiger partial charge >= 0.3 is 0 Å². The van der Waals surface area contributed by atoms with Gasteiger partial charge in [-0.3, -0.25) is 4.79 Å². The molecule has 0 bridgehead atoms. The standard InChI is InChI=1S/C22H29NO2S/c1-17(25-20-12-10-19(11-13-20)22(2,3)4)21(24)23-14-15-26-16-18-8-6-5-7-9-18/h5-13,17H,14-16H2,1-4H3,(H,23,24)/t17-/m0/s1. The van der Waals surface area contributed by atoms with Crippen LogP contribution in [-0.2, 0) is 16.0 Å². The first kappa shape index (κ1) is 20.4. The number of hydrogen-bond donors (Lipinski definition) is 1. The Kier molecular flexibility index (Phi) is 7.58. The van der Waals surface area contributed by atoms with Gasteiger partial charge in [-0.15, -0.1) is 0 Å². The Bertz CT molecular complexity index is 678. The highest BCUT2D eigenvalue weighted by atomic mass is 32.2. The van der Waals surface area contributed by atoms with Crippen LogP contribution in [-0.4, -0.2) is 24.3 Å². The Morgan fingerprint density at radius 2 is 1.73 bits per heavy atom. The maximum Gasteiger partial charge on any atom is 0.260 e. The molecule has 0 spiro atoms. The molecule has 0 heterocycles. The van der Waals surface area contributed by atoms with Gasteiger partial charge in [0.05, 0.1) is 0 Å². The number of carbonyl (C=O) groups excluding carboxylic acids is 1. The first-order valence-electron chi connectivity index (χ1n) is 9.03. The zero-order valence-electron chi connectivity index (χ0n) is 16.1. The Morgan fingerprint density at radius 3 is 2.35 bits per heavy atom. The minimum atomic E-state index is -0.505. The molecule has 2 rings (SSSR count). The third-order valence-corrected chi connectivity index (χ3v) is 5.09. The Hall–Kier alpha value is -1.94. The number of nitrogens with one attached hydrogen (secondary N) is 1. The third kappa shape index (κ3) is 6.75. The molecular weight excluding hydrogens is 342 g/mol. The Morgan fingerprint density at radius 1 is 1.08 bits per heavy atom. The van der Waals surface area contributed by atoms with Gasteiger partial charge in [0.25, 0.3) is 5.91 Å². The second-order valence-corrected chi connectivity index (χ2v) is 8.47. The quantitative estimate of drug-likeness (QED) is 0.677. The molecule has 2 aromatic carbocycles. The first-order chi connectivity index (χ1) is 12.4. The van der Waals surface area contributed by atoms with Crippen LogP contribution in [0.4, 0.5) is 0 Å². The van der Waals surface area contributed by atoms with Gasteiger partial charge in [-0.05, 0) is 35.6 Å². The van der Waals surface area contributed by atoms with Gasteiger partial charge in [-0.2, -0.15) is 11.8 Å². The highest BCUT2D eigenvalue weighted by Gasteiger charge is 2.16. The Labute approximate surface area is 161 Å². The summed E-state index contributed by atoms with van der Waals surface area (Å²) in [5.41, 5.74) is 2.66. The molecule has 140 valence electrons. The predicted octanol–water partition coefficient (Wildman–Crippen LogP) is 4.80. The second-order valence-electron chi connectivity index (χ2n) is 7.36. The highest BCUT2D eigenvalue weighted by Crippen LogP contribution is 2.24. The van der Waals surface area contributed by atoms with Gasteiger partial charge in [0, 0.05) is 18.1 Å². The van der Waals surface area contributed by atoms with E-state index in [0.29, 0.717) is 6.54 Å². The van der Waals surface area contributed by atoms with E-state index in [2.05, 4.69) is 50.4 Å². The topological polar surface area (TPSA) is 38.3 Å². The van der Waals surface area contributed by atoms with Crippen LogP contribution in [0.25, 0.3) is 0 Å². The van der Waals surface area contributed by atoms with Crippen LogP contribution in [0, 0.1) is 0 Å². The monoisotopic (exact) mass is 371 g/mol. The molecule has 0 radical (unpaired) electrons. The van der Waals surface area contributed by atoms with Crippen molar-refractivity contribution >= 4 is 17.7 Å². The maximum absolute atomic E-state index is 12.2. The van der Waals surface area contributed by atoms with E-state index in [1.807, 2.05) is 42.1 Å².